The molecule has 0 spiro atoms. The van der Waals surface area contributed by atoms with Crippen LogP contribution in [0.2, 0.25) is 0 Å². The molecule has 2 heterocycles. The summed E-state index contributed by atoms with van der Waals surface area (Å²) < 4.78 is 15.2. The summed E-state index contributed by atoms with van der Waals surface area (Å²) in [4.78, 5) is 41.8. The maximum absolute atomic E-state index is 12.3. The number of carbonyl (C=O) groups excluding carboxylic acids is 3. The van der Waals surface area contributed by atoms with E-state index in [0.29, 0.717) is 49.2 Å². The lowest BCUT2D eigenvalue weighted by Crippen LogP contribution is -2.44. The first kappa shape index (κ1) is 17.9. The summed E-state index contributed by atoms with van der Waals surface area (Å²) in [6, 6.07) is 4.72. The number of hydrogen-bond acceptors (Lipinski definition) is 7. The first-order valence-electron chi connectivity index (χ1n) is 8.53. The molecule has 0 N–H and O–H groups in total. The van der Waals surface area contributed by atoms with Crippen molar-refractivity contribution in [2.75, 3.05) is 26.3 Å². The quantitative estimate of drug-likeness (QED) is 0.750. The lowest BCUT2D eigenvalue weighted by molar-refractivity contribution is -0.151. The monoisotopic (exact) mass is 360 g/mol. The first-order chi connectivity index (χ1) is 12.6. The second-order valence-electron chi connectivity index (χ2n) is 6.04. The number of ether oxygens (including phenoxy) is 2. The Bertz CT molecular complexity index is 815. The molecule has 0 aliphatic carbocycles. The van der Waals surface area contributed by atoms with Crippen molar-refractivity contribution in [3.8, 4) is 0 Å². The van der Waals surface area contributed by atoms with Gasteiger partial charge in [0.15, 0.2) is 18.6 Å². The molecule has 26 heavy (non-hydrogen) atoms. The van der Waals surface area contributed by atoms with Gasteiger partial charge in [-0.15, -0.1) is 0 Å². The second kappa shape index (κ2) is 7.99. The van der Waals surface area contributed by atoms with Crippen molar-refractivity contribution < 1.29 is 28.3 Å². The molecule has 1 aromatic heterocycles. The summed E-state index contributed by atoms with van der Waals surface area (Å²) in [5.41, 5.74) is 1.40. The smallest absolute Gasteiger partial charge is 0.338 e. The number of rotatable bonds is 5. The van der Waals surface area contributed by atoms with E-state index in [2.05, 4.69) is 4.98 Å². The normalized spacial score (nSPS) is 17.1. The van der Waals surface area contributed by atoms with Crippen molar-refractivity contribution in [1.29, 1.82) is 0 Å². The van der Waals surface area contributed by atoms with E-state index in [1.54, 1.807) is 30.0 Å². The third-order valence-electron chi connectivity index (χ3n) is 4.29. The van der Waals surface area contributed by atoms with Gasteiger partial charge in [0, 0.05) is 13.1 Å². The number of esters is 2. The first-order valence-corrected chi connectivity index (χ1v) is 8.53. The minimum atomic E-state index is -0.609. The summed E-state index contributed by atoms with van der Waals surface area (Å²) in [6.07, 6.45) is 2.70. The molecule has 0 bridgehead atoms. The highest BCUT2D eigenvalue weighted by Gasteiger charge is 2.29. The van der Waals surface area contributed by atoms with Crippen LogP contribution in [0.1, 0.15) is 30.1 Å². The van der Waals surface area contributed by atoms with Crippen LogP contribution in [-0.4, -0.2) is 54.0 Å². The number of aromatic nitrogens is 1. The van der Waals surface area contributed by atoms with Gasteiger partial charge in [0.1, 0.15) is 5.52 Å². The van der Waals surface area contributed by atoms with E-state index in [4.69, 9.17) is 13.9 Å². The van der Waals surface area contributed by atoms with Crippen molar-refractivity contribution in [2.45, 2.75) is 19.8 Å². The molecule has 3 rings (SSSR count). The summed E-state index contributed by atoms with van der Waals surface area (Å²) in [6.45, 7) is 2.53. The molecule has 0 radical (unpaired) electrons. The highest BCUT2D eigenvalue weighted by molar-refractivity contribution is 5.94. The van der Waals surface area contributed by atoms with Crippen LogP contribution in [0.4, 0.5) is 0 Å². The number of likely N-dealkylation sites (tertiary alicyclic amines) is 1. The molecule has 138 valence electrons. The number of fused-ring (bicyclic) bond motifs is 1. The van der Waals surface area contributed by atoms with E-state index >= 15 is 0 Å². The average Bonchev–Trinajstić information content (AvgIpc) is 3.14. The molecule has 1 aliphatic rings. The summed E-state index contributed by atoms with van der Waals surface area (Å²) in [5, 5.41) is 0. The van der Waals surface area contributed by atoms with Crippen LogP contribution in [0, 0.1) is 5.92 Å². The number of benzene rings is 1. The fourth-order valence-electron chi connectivity index (χ4n) is 2.94. The number of oxazole rings is 1. The zero-order chi connectivity index (χ0) is 18.5. The molecular weight excluding hydrogens is 340 g/mol. The summed E-state index contributed by atoms with van der Waals surface area (Å²) in [7, 11) is 0. The van der Waals surface area contributed by atoms with Crippen molar-refractivity contribution in [3.05, 3.63) is 30.2 Å². The number of carbonyl (C=O) groups is 3. The Morgan fingerprint density at radius 3 is 2.96 bits per heavy atom. The Hall–Kier alpha value is -2.90. The maximum atomic E-state index is 12.3. The molecule has 2 aromatic rings. The zero-order valence-corrected chi connectivity index (χ0v) is 14.5. The van der Waals surface area contributed by atoms with Crippen molar-refractivity contribution >= 4 is 28.9 Å². The van der Waals surface area contributed by atoms with Gasteiger partial charge in [-0.25, -0.2) is 9.78 Å². The zero-order valence-electron chi connectivity index (χ0n) is 14.5. The van der Waals surface area contributed by atoms with Crippen LogP contribution >= 0.6 is 0 Å². The highest BCUT2D eigenvalue weighted by Crippen LogP contribution is 2.18. The Balaban J connectivity index is 1.54. The molecule has 1 unspecified atom stereocenters. The molecular formula is C18H20N2O6. The van der Waals surface area contributed by atoms with Crippen molar-refractivity contribution in [2.24, 2.45) is 5.92 Å². The second-order valence-corrected chi connectivity index (χ2v) is 6.04. The lowest BCUT2D eigenvalue weighted by atomic mass is 9.98. The predicted octanol–water partition coefficient (Wildman–Crippen LogP) is 1.79. The third kappa shape index (κ3) is 4.01. The Morgan fingerprint density at radius 2 is 2.15 bits per heavy atom. The van der Waals surface area contributed by atoms with Gasteiger partial charge in [-0.05, 0) is 38.0 Å². The van der Waals surface area contributed by atoms with Crippen LogP contribution in [0.25, 0.3) is 11.1 Å². The molecule has 1 fully saturated rings. The van der Waals surface area contributed by atoms with E-state index < -0.39 is 5.97 Å². The largest absolute Gasteiger partial charge is 0.466 e. The van der Waals surface area contributed by atoms with Crippen LogP contribution < -0.4 is 0 Å². The van der Waals surface area contributed by atoms with Crippen molar-refractivity contribution in [1.82, 2.24) is 9.88 Å². The fourth-order valence-corrected chi connectivity index (χ4v) is 2.94. The van der Waals surface area contributed by atoms with E-state index in [9.17, 15) is 14.4 Å². The maximum Gasteiger partial charge on any atom is 0.338 e. The van der Waals surface area contributed by atoms with Gasteiger partial charge in [-0.1, -0.05) is 0 Å². The predicted molar refractivity (Wildman–Crippen MR) is 90.2 cm³/mol. The SMILES string of the molecule is CCOC(=O)C1CCCN(C(=O)COC(=O)c2ccc3ocnc3c2)C1. The van der Waals surface area contributed by atoms with Gasteiger partial charge >= 0.3 is 11.9 Å². The van der Waals surface area contributed by atoms with Crippen LogP contribution in [0.5, 0.6) is 0 Å². The molecule has 1 saturated heterocycles. The summed E-state index contributed by atoms with van der Waals surface area (Å²) in [5.74, 6) is -1.54. The lowest BCUT2D eigenvalue weighted by Gasteiger charge is -2.31. The number of piperidine rings is 1. The van der Waals surface area contributed by atoms with Crippen LogP contribution in [0.3, 0.4) is 0 Å². The van der Waals surface area contributed by atoms with Gasteiger partial charge in [0.05, 0.1) is 18.1 Å². The van der Waals surface area contributed by atoms with Crippen LogP contribution in [-0.2, 0) is 19.1 Å². The Morgan fingerprint density at radius 1 is 1.31 bits per heavy atom. The molecule has 8 nitrogen and oxygen atoms in total. The van der Waals surface area contributed by atoms with Gasteiger partial charge in [0.2, 0.25) is 0 Å². The molecule has 8 heteroatoms. The molecule has 0 saturated carbocycles. The minimum absolute atomic E-state index is 0.289. The van der Waals surface area contributed by atoms with Crippen molar-refractivity contribution in [3.63, 3.8) is 0 Å². The number of nitrogens with zero attached hydrogens (tertiary/aromatic N) is 2. The van der Waals surface area contributed by atoms with E-state index in [1.165, 1.54) is 6.39 Å². The third-order valence-corrected chi connectivity index (χ3v) is 4.29. The van der Waals surface area contributed by atoms with Gasteiger partial charge < -0.3 is 18.8 Å². The number of hydrogen-bond donors (Lipinski definition) is 0. The molecule has 1 aliphatic heterocycles. The molecule has 1 atom stereocenters. The van der Waals surface area contributed by atoms with E-state index in [1.807, 2.05) is 0 Å². The van der Waals surface area contributed by atoms with Gasteiger partial charge in [-0.2, -0.15) is 0 Å². The topological polar surface area (TPSA) is 98.9 Å². The minimum Gasteiger partial charge on any atom is -0.466 e. The molecule has 1 amide bonds. The Kier molecular flexibility index (Phi) is 5.50. The summed E-state index contributed by atoms with van der Waals surface area (Å²) >= 11 is 0. The average molecular weight is 360 g/mol. The van der Waals surface area contributed by atoms with Gasteiger partial charge in [-0.3, -0.25) is 9.59 Å². The Labute approximate surface area is 150 Å². The van der Waals surface area contributed by atoms with E-state index in [0.717, 1.165) is 0 Å². The van der Waals surface area contributed by atoms with E-state index in [-0.39, 0.29) is 24.4 Å². The van der Waals surface area contributed by atoms with Gasteiger partial charge in [0.25, 0.3) is 5.91 Å². The van der Waals surface area contributed by atoms with Crippen LogP contribution in [0.15, 0.2) is 29.0 Å². The standard InChI is InChI=1S/C18H20N2O6/c1-2-24-18(23)13-4-3-7-20(9-13)16(21)10-25-17(22)12-5-6-15-14(8-12)19-11-26-15/h5-6,8,11,13H,2-4,7,9-10H2,1H3. The fraction of sp³-hybridized carbons (Fsp3) is 0.444. The number of amides is 1. The molecule has 1 aromatic carbocycles. The highest BCUT2D eigenvalue weighted by atomic mass is 16.5.